The zero-order valence-corrected chi connectivity index (χ0v) is 17.7. The number of nitrogens with zero attached hydrogens (tertiary/aromatic N) is 2. The van der Waals surface area contributed by atoms with Crippen molar-refractivity contribution in [2.24, 2.45) is 0 Å². The summed E-state index contributed by atoms with van der Waals surface area (Å²) in [4.78, 5) is 4.37. The van der Waals surface area contributed by atoms with Gasteiger partial charge in [0.15, 0.2) is 0 Å². The zero-order valence-electron chi connectivity index (χ0n) is 16.1. The van der Waals surface area contributed by atoms with Crippen LogP contribution in [0, 0.1) is 11.3 Å². The van der Waals surface area contributed by atoms with Crippen molar-refractivity contribution in [3.63, 3.8) is 0 Å². The highest BCUT2D eigenvalue weighted by atomic mass is 35.5. The lowest BCUT2D eigenvalue weighted by Crippen LogP contribution is -2.10. The van der Waals surface area contributed by atoms with Gasteiger partial charge in [-0.2, -0.15) is 18.4 Å². The van der Waals surface area contributed by atoms with Crippen molar-refractivity contribution in [3.8, 4) is 23.1 Å². The van der Waals surface area contributed by atoms with Crippen LogP contribution in [0.1, 0.15) is 16.7 Å². The lowest BCUT2D eigenvalue weighted by atomic mass is 10.1. The molecule has 0 atom stereocenters. The maximum absolute atomic E-state index is 13.7. The van der Waals surface area contributed by atoms with Gasteiger partial charge in [0.25, 0.3) is 0 Å². The number of nitriles is 1. The molecular weight excluding hydrogens is 445 g/mol. The van der Waals surface area contributed by atoms with Crippen LogP contribution in [0.3, 0.4) is 0 Å². The lowest BCUT2D eigenvalue weighted by molar-refractivity contribution is -0.138. The van der Waals surface area contributed by atoms with E-state index in [9.17, 15) is 18.4 Å². The Hall–Kier alpha value is -2.95. The first-order valence-corrected chi connectivity index (χ1v) is 10.4. The fourth-order valence-electron chi connectivity index (χ4n) is 2.72. The minimum Gasteiger partial charge on any atom is -0.490 e. The van der Waals surface area contributed by atoms with Gasteiger partial charge in [-0.15, -0.1) is 11.8 Å². The molecule has 3 aromatic rings. The topological polar surface area (TPSA) is 45.9 Å². The van der Waals surface area contributed by atoms with E-state index >= 15 is 0 Å². The molecule has 0 N–H and O–H groups in total. The molecule has 0 radical (unpaired) electrons. The number of aromatic nitrogens is 1. The summed E-state index contributed by atoms with van der Waals surface area (Å²) in [5.74, 6) is 0.902. The van der Waals surface area contributed by atoms with Crippen LogP contribution in [0.2, 0.25) is 5.02 Å². The highest BCUT2D eigenvalue weighted by Gasteiger charge is 2.36. The Bertz CT molecular complexity index is 1110. The summed E-state index contributed by atoms with van der Waals surface area (Å²) in [6, 6.07) is 16.1. The Balaban J connectivity index is 1.99. The molecule has 0 saturated carbocycles. The first kappa shape index (κ1) is 22.7. The molecule has 2 aromatic carbocycles. The van der Waals surface area contributed by atoms with Crippen LogP contribution < -0.4 is 4.74 Å². The highest BCUT2D eigenvalue weighted by Crippen LogP contribution is 2.38. The third-order valence-electron chi connectivity index (χ3n) is 4.21. The molecule has 8 heteroatoms. The number of rotatable bonds is 7. The first-order chi connectivity index (χ1) is 14.8. The summed E-state index contributed by atoms with van der Waals surface area (Å²) >= 11 is 6.95. The van der Waals surface area contributed by atoms with E-state index in [2.05, 4.69) is 11.6 Å². The van der Waals surface area contributed by atoms with Gasteiger partial charge in [0.05, 0.1) is 16.8 Å². The number of hydrogen-bond donors (Lipinski definition) is 0. The monoisotopic (exact) mass is 460 g/mol. The second-order valence-corrected chi connectivity index (χ2v) is 7.78. The van der Waals surface area contributed by atoms with Crippen molar-refractivity contribution < 1.29 is 17.9 Å². The van der Waals surface area contributed by atoms with Crippen molar-refractivity contribution >= 4 is 23.4 Å². The van der Waals surface area contributed by atoms with Gasteiger partial charge < -0.3 is 4.74 Å². The molecule has 1 heterocycles. The minimum absolute atomic E-state index is 0.0225. The number of halogens is 4. The van der Waals surface area contributed by atoms with Crippen molar-refractivity contribution in [1.29, 1.82) is 5.26 Å². The lowest BCUT2D eigenvalue weighted by Gasteiger charge is -2.14. The van der Waals surface area contributed by atoms with Crippen molar-refractivity contribution in [3.05, 3.63) is 89.0 Å². The summed E-state index contributed by atoms with van der Waals surface area (Å²) in [7, 11) is 0. The third kappa shape index (κ3) is 5.81. The van der Waals surface area contributed by atoms with Gasteiger partial charge >= 0.3 is 6.18 Å². The van der Waals surface area contributed by atoms with E-state index in [-0.39, 0.29) is 10.7 Å². The molecular formula is C23H16ClF3N2OS. The van der Waals surface area contributed by atoms with Gasteiger partial charge in [-0.25, -0.2) is 4.98 Å². The standard InChI is InChI=1S/C23H16ClF3N2OS/c1-2-11-30-18-9-5-16(6-10-18)21-12-20(23(25,26)27)19(13-28)22(29-21)31-14-15-3-7-17(24)8-4-15/h2-10,12H,1,11,14H2. The number of thioether (sulfide) groups is 1. The summed E-state index contributed by atoms with van der Waals surface area (Å²) in [5.41, 5.74) is -0.0380. The Morgan fingerprint density at radius 1 is 1.13 bits per heavy atom. The Labute approximate surface area is 187 Å². The zero-order chi connectivity index (χ0) is 22.4. The predicted octanol–water partition coefficient (Wildman–Crippen LogP) is 7.15. The van der Waals surface area contributed by atoms with E-state index < -0.39 is 17.3 Å². The molecule has 0 saturated heterocycles. The second kappa shape index (κ2) is 9.90. The van der Waals surface area contributed by atoms with Crippen molar-refractivity contribution in [1.82, 2.24) is 4.98 Å². The summed E-state index contributed by atoms with van der Waals surface area (Å²) in [6.45, 7) is 3.88. The van der Waals surface area contributed by atoms with Gasteiger partial charge in [0.1, 0.15) is 23.5 Å². The predicted molar refractivity (Wildman–Crippen MR) is 116 cm³/mol. The van der Waals surface area contributed by atoms with Gasteiger partial charge in [-0.1, -0.05) is 36.4 Å². The average Bonchev–Trinajstić information content (AvgIpc) is 2.76. The van der Waals surface area contributed by atoms with Gasteiger partial charge in [0, 0.05) is 16.3 Å². The first-order valence-electron chi connectivity index (χ1n) is 9.05. The van der Waals surface area contributed by atoms with E-state index in [1.54, 1.807) is 60.7 Å². The van der Waals surface area contributed by atoms with E-state index in [1.165, 1.54) is 0 Å². The molecule has 0 spiro atoms. The van der Waals surface area contributed by atoms with E-state index in [0.717, 1.165) is 23.4 Å². The minimum atomic E-state index is -4.69. The van der Waals surface area contributed by atoms with Gasteiger partial charge in [-0.3, -0.25) is 0 Å². The average molecular weight is 461 g/mol. The van der Waals surface area contributed by atoms with Crippen LogP contribution in [0.4, 0.5) is 13.2 Å². The molecule has 3 nitrogen and oxygen atoms in total. The normalized spacial score (nSPS) is 11.1. The van der Waals surface area contributed by atoms with E-state index in [1.807, 2.05) is 0 Å². The van der Waals surface area contributed by atoms with Crippen LogP contribution >= 0.6 is 23.4 Å². The number of ether oxygens (including phenoxy) is 1. The van der Waals surface area contributed by atoms with Crippen LogP contribution in [-0.2, 0) is 11.9 Å². The fourth-order valence-corrected chi connectivity index (χ4v) is 3.80. The van der Waals surface area contributed by atoms with Crippen LogP contribution in [0.25, 0.3) is 11.3 Å². The number of pyridine rings is 1. The van der Waals surface area contributed by atoms with Crippen molar-refractivity contribution in [2.75, 3.05) is 6.61 Å². The molecule has 0 aliphatic rings. The maximum Gasteiger partial charge on any atom is 0.417 e. The summed E-state index contributed by atoms with van der Waals surface area (Å²) in [6.07, 6.45) is -3.10. The summed E-state index contributed by atoms with van der Waals surface area (Å²) < 4.78 is 46.5. The molecule has 0 aliphatic heterocycles. The Morgan fingerprint density at radius 3 is 2.39 bits per heavy atom. The highest BCUT2D eigenvalue weighted by molar-refractivity contribution is 7.98. The quantitative estimate of drug-likeness (QED) is 0.277. The van der Waals surface area contributed by atoms with Crippen LogP contribution in [-0.4, -0.2) is 11.6 Å². The molecule has 31 heavy (non-hydrogen) atoms. The number of benzene rings is 2. The number of alkyl halides is 3. The Morgan fingerprint density at radius 2 is 1.81 bits per heavy atom. The second-order valence-electron chi connectivity index (χ2n) is 6.38. The molecule has 158 valence electrons. The molecule has 1 aromatic heterocycles. The maximum atomic E-state index is 13.7. The molecule has 3 rings (SSSR count). The van der Waals surface area contributed by atoms with Crippen molar-refractivity contribution in [2.45, 2.75) is 17.0 Å². The number of hydrogen-bond acceptors (Lipinski definition) is 4. The van der Waals surface area contributed by atoms with E-state index in [0.29, 0.717) is 28.7 Å². The smallest absolute Gasteiger partial charge is 0.417 e. The fraction of sp³-hybridized carbons (Fsp3) is 0.130. The molecule has 0 fully saturated rings. The summed E-state index contributed by atoms with van der Waals surface area (Å²) in [5, 5.41) is 10.0. The molecule has 0 amide bonds. The van der Waals surface area contributed by atoms with Gasteiger partial charge in [-0.05, 0) is 48.0 Å². The molecule has 0 unspecified atom stereocenters. The largest absolute Gasteiger partial charge is 0.490 e. The Kier molecular flexibility index (Phi) is 7.26. The van der Waals surface area contributed by atoms with Crippen LogP contribution in [0.15, 0.2) is 72.3 Å². The SMILES string of the molecule is C=CCOc1ccc(-c2cc(C(F)(F)F)c(C#N)c(SCc3ccc(Cl)cc3)n2)cc1. The third-order valence-corrected chi connectivity index (χ3v) is 5.51. The van der Waals surface area contributed by atoms with E-state index in [4.69, 9.17) is 16.3 Å². The van der Waals surface area contributed by atoms with Gasteiger partial charge in [0.2, 0.25) is 0 Å². The van der Waals surface area contributed by atoms with Crippen LogP contribution in [0.5, 0.6) is 5.75 Å². The molecule has 0 bridgehead atoms. The molecule has 0 aliphatic carbocycles.